The molecule has 0 fully saturated rings. The average molecular weight is 375 g/mol. The highest BCUT2D eigenvalue weighted by atomic mass is 16.1. The van der Waals surface area contributed by atoms with Crippen molar-refractivity contribution in [2.75, 3.05) is 31.5 Å². The average Bonchev–Trinajstić information content (AvgIpc) is 2.74. The van der Waals surface area contributed by atoms with Gasteiger partial charge in [-0.15, -0.1) is 0 Å². The minimum absolute atomic E-state index is 0.0731. The van der Waals surface area contributed by atoms with E-state index >= 15 is 0 Å². The number of rotatable bonds is 6. The molecule has 0 unspecified atom stereocenters. The fourth-order valence-electron chi connectivity index (χ4n) is 3.39. The molecule has 0 spiro atoms. The molecule has 28 heavy (non-hydrogen) atoms. The van der Waals surface area contributed by atoms with Crippen LogP contribution in [0.4, 0.5) is 5.69 Å². The molecule has 0 aliphatic heterocycles. The van der Waals surface area contributed by atoms with Gasteiger partial charge < -0.3 is 10.2 Å². The third kappa shape index (κ3) is 3.14. The van der Waals surface area contributed by atoms with Crippen LogP contribution in [0.15, 0.2) is 36.5 Å². The minimum Gasteiger partial charge on any atom is -0.384 e. The van der Waals surface area contributed by atoms with Gasteiger partial charge in [0.25, 0.3) is 0 Å². The molecule has 0 atom stereocenters. The van der Waals surface area contributed by atoms with Crippen molar-refractivity contribution in [1.29, 1.82) is 0 Å². The number of hydrogen-bond donors (Lipinski definition) is 1. The number of carbonyl (C=O) groups is 2. The van der Waals surface area contributed by atoms with Crippen LogP contribution in [0.3, 0.4) is 0 Å². The van der Waals surface area contributed by atoms with E-state index in [9.17, 15) is 9.59 Å². The number of aromatic nitrogens is 3. The van der Waals surface area contributed by atoms with Crippen LogP contribution >= 0.6 is 0 Å². The van der Waals surface area contributed by atoms with E-state index in [-0.39, 0.29) is 34.2 Å². The van der Waals surface area contributed by atoms with Gasteiger partial charge in [0.15, 0.2) is 0 Å². The Hall–Kier alpha value is -3.19. The Bertz CT molecular complexity index is 1080. The first-order valence-corrected chi connectivity index (χ1v) is 9.44. The number of nitrogens with zero attached hydrogens (tertiary/aromatic N) is 4. The number of likely N-dealkylation sites (N-methyl/N-ethyl adjacent to an activating group) is 1. The van der Waals surface area contributed by atoms with E-state index in [2.05, 4.69) is 39.0 Å². The quantitative estimate of drug-likeness (QED) is 0.554. The zero-order chi connectivity index (χ0) is 19.7. The number of anilines is 1. The predicted molar refractivity (Wildman–Crippen MR) is 107 cm³/mol. The maximum absolute atomic E-state index is 12.8. The molecule has 0 saturated carbocycles. The van der Waals surface area contributed by atoms with E-state index < -0.39 is 0 Å². The van der Waals surface area contributed by atoms with E-state index in [0.717, 1.165) is 31.9 Å². The van der Waals surface area contributed by atoms with Crippen LogP contribution < -0.4 is 5.32 Å². The minimum atomic E-state index is -0.362. The Balaban J connectivity index is 1.65. The highest BCUT2D eigenvalue weighted by Crippen LogP contribution is 2.26. The number of benzene rings is 1. The Morgan fingerprint density at radius 2 is 1.68 bits per heavy atom. The van der Waals surface area contributed by atoms with Gasteiger partial charge in [0.1, 0.15) is 17.1 Å². The predicted octanol–water partition coefficient (Wildman–Crippen LogP) is 2.55. The van der Waals surface area contributed by atoms with Crippen molar-refractivity contribution in [2.45, 2.75) is 13.8 Å². The largest absolute Gasteiger partial charge is 0.384 e. The summed E-state index contributed by atoms with van der Waals surface area (Å²) in [6, 6.07) is 8.83. The Kier molecular flexibility index (Phi) is 4.83. The highest BCUT2D eigenvalue weighted by molar-refractivity contribution is 6.26. The monoisotopic (exact) mass is 375 g/mol. The summed E-state index contributed by atoms with van der Waals surface area (Å²) in [5.41, 5.74) is 2.66. The molecule has 1 N–H and O–H groups in total. The molecule has 1 aromatic carbocycles. The summed E-state index contributed by atoms with van der Waals surface area (Å²) in [6.45, 7) is 8.06. The van der Waals surface area contributed by atoms with Crippen molar-refractivity contribution in [3.05, 3.63) is 59.2 Å². The van der Waals surface area contributed by atoms with Crippen molar-refractivity contribution in [3.8, 4) is 0 Å². The smallest absolute Gasteiger partial charge is 0.232 e. The van der Waals surface area contributed by atoms with Gasteiger partial charge in [-0.25, -0.2) is 9.97 Å². The first-order chi connectivity index (χ1) is 13.6. The summed E-state index contributed by atoms with van der Waals surface area (Å²) in [5, 5.41) is 3.38. The third-order valence-corrected chi connectivity index (χ3v) is 5.01. The van der Waals surface area contributed by atoms with Gasteiger partial charge >= 0.3 is 0 Å². The molecule has 1 aliphatic carbocycles. The number of nitrogens with one attached hydrogen (secondary N) is 1. The molecule has 2 aromatic heterocycles. The Morgan fingerprint density at radius 3 is 2.46 bits per heavy atom. The van der Waals surface area contributed by atoms with E-state index in [1.54, 1.807) is 12.1 Å². The summed E-state index contributed by atoms with van der Waals surface area (Å²) in [4.78, 5) is 40.8. The van der Waals surface area contributed by atoms with Gasteiger partial charge in [-0.3, -0.25) is 14.6 Å². The van der Waals surface area contributed by atoms with Gasteiger partial charge in [0.05, 0.1) is 16.6 Å². The molecule has 4 rings (SSSR count). The van der Waals surface area contributed by atoms with Gasteiger partial charge in [-0.05, 0) is 43.4 Å². The third-order valence-electron chi connectivity index (χ3n) is 5.01. The lowest BCUT2D eigenvalue weighted by Gasteiger charge is -2.18. The van der Waals surface area contributed by atoms with Gasteiger partial charge in [0, 0.05) is 25.0 Å². The molecule has 142 valence electrons. The van der Waals surface area contributed by atoms with Crippen LogP contribution in [-0.4, -0.2) is 57.6 Å². The van der Waals surface area contributed by atoms with E-state index in [1.807, 2.05) is 18.2 Å². The van der Waals surface area contributed by atoms with E-state index in [4.69, 9.17) is 0 Å². The second-order valence-corrected chi connectivity index (χ2v) is 6.64. The highest BCUT2D eigenvalue weighted by Gasteiger charge is 2.33. The summed E-state index contributed by atoms with van der Waals surface area (Å²) >= 11 is 0. The van der Waals surface area contributed by atoms with Crippen molar-refractivity contribution in [2.24, 2.45) is 0 Å². The summed E-state index contributed by atoms with van der Waals surface area (Å²) in [5.74, 6) is -0.673. The second kappa shape index (κ2) is 7.44. The molecule has 7 heteroatoms. The van der Waals surface area contributed by atoms with E-state index in [0.29, 0.717) is 11.0 Å². The van der Waals surface area contributed by atoms with Crippen molar-refractivity contribution in [1.82, 2.24) is 19.9 Å². The first-order valence-electron chi connectivity index (χ1n) is 9.44. The summed E-state index contributed by atoms with van der Waals surface area (Å²) in [7, 11) is 0. The van der Waals surface area contributed by atoms with Crippen LogP contribution in [0.1, 0.15) is 46.1 Å². The maximum Gasteiger partial charge on any atom is 0.232 e. The van der Waals surface area contributed by atoms with Crippen LogP contribution in [0.25, 0.3) is 11.0 Å². The van der Waals surface area contributed by atoms with Gasteiger partial charge in [-0.2, -0.15) is 0 Å². The second-order valence-electron chi connectivity index (χ2n) is 6.64. The molecular formula is C21H21N5O2. The standard InChI is InChI=1S/C21H21N5O2/c1-3-26(4-2)11-10-22-13-7-8-15-16(12-13)25-19-18(24-15)20(27)14-6-5-9-23-17(14)21(19)28/h5-9,12,22H,3-4,10-11H2,1-2H3. The zero-order valence-electron chi connectivity index (χ0n) is 15.9. The lowest BCUT2D eigenvalue weighted by molar-refractivity contribution is 0.0968. The molecule has 3 aromatic rings. The Morgan fingerprint density at radius 1 is 0.929 bits per heavy atom. The SMILES string of the molecule is CCN(CC)CCNc1ccc2nc3c(nc2c1)C(=O)c1ncccc1C3=O. The van der Waals surface area contributed by atoms with Crippen molar-refractivity contribution < 1.29 is 9.59 Å². The van der Waals surface area contributed by atoms with Crippen LogP contribution in [-0.2, 0) is 0 Å². The number of carbonyl (C=O) groups excluding carboxylic acids is 2. The first kappa shape index (κ1) is 18.2. The molecular weight excluding hydrogens is 354 g/mol. The normalized spacial score (nSPS) is 13.0. The van der Waals surface area contributed by atoms with Gasteiger partial charge in [-0.1, -0.05) is 13.8 Å². The summed E-state index contributed by atoms with van der Waals surface area (Å²) < 4.78 is 0. The number of hydrogen-bond acceptors (Lipinski definition) is 7. The summed E-state index contributed by atoms with van der Waals surface area (Å²) in [6.07, 6.45) is 1.50. The van der Waals surface area contributed by atoms with Crippen LogP contribution in [0, 0.1) is 0 Å². The number of fused-ring (bicyclic) bond motifs is 3. The van der Waals surface area contributed by atoms with Crippen molar-refractivity contribution >= 4 is 28.3 Å². The molecule has 7 nitrogen and oxygen atoms in total. The topological polar surface area (TPSA) is 88.1 Å². The molecule has 0 bridgehead atoms. The lowest BCUT2D eigenvalue weighted by atomic mass is 9.93. The Labute approximate surface area is 162 Å². The number of ketones is 2. The van der Waals surface area contributed by atoms with Crippen LogP contribution in [0.2, 0.25) is 0 Å². The number of pyridine rings is 1. The maximum atomic E-state index is 12.8. The molecule has 0 radical (unpaired) electrons. The molecule has 0 amide bonds. The van der Waals surface area contributed by atoms with Crippen LogP contribution in [0.5, 0.6) is 0 Å². The van der Waals surface area contributed by atoms with Crippen molar-refractivity contribution in [3.63, 3.8) is 0 Å². The lowest BCUT2D eigenvalue weighted by Crippen LogP contribution is -2.28. The molecule has 1 aliphatic rings. The zero-order valence-corrected chi connectivity index (χ0v) is 15.9. The van der Waals surface area contributed by atoms with E-state index in [1.165, 1.54) is 6.20 Å². The molecule has 2 heterocycles. The molecule has 0 saturated heterocycles. The fraction of sp³-hybridized carbons (Fsp3) is 0.286. The van der Waals surface area contributed by atoms with Gasteiger partial charge in [0.2, 0.25) is 11.6 Å². The fourth-order valence-corrected chi connectivity index (χ4v) is 3.39.